The van der Waals surface area contributed by atoms with Gasteiger partial charge in [-0.15, -0.1) is 0 Å². The summed E-state index contributed by atoms with van der Waals surface area (Å²) in [7, 11) is 0. The second kappa shape index (κ2) is 9.76. The lowest BCUT2D eigenvalue weighted by molar-refractivity contribution is -0.122. The van der Waals surface area contributed by atoms with E-state index in [2.05, 4.69) is 12.2 Å². The minimum atomic E-state index is -0.622. The Morgan fingerprint density at radius 3 is 2.33 bits per heavy atom. The van der Waals surface area contributed by atoms with Gasteiger partial charge >= 0.3 is 5.97 Å². The van der Waals surface area contributed by atoms with Gasteiger partial charge in [-0.3, -0.25) is 4.79 Å². The molecule has 0 saturated heterocycles. The second-order valence-corrected chi connectivity index (χ2v) is 6.20. The third-order valence-electron chi connectivity index (χ3n) is 4.36. The van der Waals surface area contributed by atoms with Crippen LogP contribution in [0.5, 0.6) is 5.75 Å². The van der Waals surface area contributed by atoms with E-state index in [0.717, 1.165) is 6.42 Å². The van der Waals surface area contributed by atoms with Gasteiger partial charge in [0.05, 0.1) is 12.2 Å². The van der Waals surface area contributed by atoms with E-state index >= 15 is 0 Å². The molecular weight excluding hydrogens is 342 g/mol. The van der Waals surface area contributed by atoms with Crippen molar-refractivity contribution in [2.75, 3.05) is 11.9 Å². The molecule has 5 nitrogen and oxygen atoms in total. The maximum absolute atomic E-state index is 12.7. The van der Waals surface area contributed by atoms with Gasteiger partial charge in [0.25, 0.3) is 5.91 Å². The van der Waals surface area contributed by atoms with Gasteiger partial charge in [0, 0.05) is 5.69 Å². The smallest absolute Gasteiger partial charge is 0.338 e. The van der Waals surface area contributed by atoms with E-state index in [1.807, 2.05) is 31.2 Å². The van der Waals surface area contributed by atoms with Crippen molar-refractivity contribution in [1.82, 2.24) is 0 Å². The summed E-state index contributed by atoms with van der Waals surface area (Å²) in [6.07, 6.45) is 0.856. The first kappa shape index (κ1) is 20.5. The van der Waals surface area contributed by atoms with Crippen molar-refractivity contribution in [3.05, 3.63) is 59.2 Å². The molecule has 0 heterocycles. The van der Waals surface area contributed by atoms with E-state index in [4.69, 9.17) is 9.47 Å². The number of rotatable bonds is 8. The number of benzene rings is 2. The molecule has 2 aromatic rings. The number of carbonyl (C=O) groups is 2. The lowest BCUT2D eigenvalue weighted by Gasteiger charge is -2.19. The predicted octanol–water partition coefficient (Wildman–Crippen LogP) is 4.53. The largest absolute Gasteiger partial charge is 0.481 e. The number of hydrogen-bond donors (Lipinski definition) is 1. The maximum atomic E-state index is 12.7. The summed E-state index contributed by atoms with van der Waals surface area (Å²) < 4.78 is 10.9. The molecule has 0 aliphatic rings. The molecule has 0 bridgehead atoms. The molecule has 0 radical (unpaired) electrons. The molecule has 0 unspecified atom stereocenters. The number of aryl methyl sites for hydroxylation is 1. The van der Waals surface area contributed by atoms with Crippen LogP contribution in [0.25, 0.3) is 0 Å². The van der Waals surface area contributed by atoms with Crippen LogP contribution in [0.2, 0.25) is 0 Å². The Morgan fingerprint density at radius 1 is 1.04 bits per heavy atom. The third-order valence-corrected chi connectivity index (χ3v) is 4.36. The Morgan fingerprint density at radius 2 is 1.74 bits per heavy atom. The van der Waals surface area contributed by atoms with E-state index in [-0.39, 0.29) is 5.91 Å². The van der Waals surface area contributed by atoms with Crippen molar-refractivity contribution in [3.63, 3.8) is 0 Å². The minimum absolute atomic E-state index is 0.249. The molecule has 27 heavy (non-hydrogen) atoms. The van der Waals surface area contributed by atoms with E-state index in [1.165, 1.54) is 5.56 Å². The first-order chi connectivity index (χ1) is 13.0. The number of esters is 1. The molecule has 0 fully saturated rings. The molecule has 144 valence electrons. The fraction of sp³-hybridized carbons (Fsp3) is 0.364. The molecule has 0 aliphatic carbocycles. The van der Waals surface area contributed by atoms with Crippen molar-refractivity contribution < 1.29 is 19.1 Å². The van der Waals surface area contributed by atoms with Gasteiger partial charge in [0.15, 0.2) is 6.10 Å². The van der Waals surface area contributed by atoms with Gasteiger partial charge in [0.2, 0.25) is 0 Å². The fourth-order valence-corrected chi connectivity index (χ4v) is 2.70. The third kappa shape index (κ3) is 5.33. The average Bonchev–Trinajstić information content (AvgIpc) is 2.68. The first-order valence-electron chi connectivity index (χ1n) is 9.33. The summed E-state index contributed by atoms with van der Waals surface area (Å²) >= 11 is 0. The summed E-state index contributed by atoms with van der Waals surface area (Å²) in [6, 6.07) is 12.9. The van der Waals surface area contributed by atoms with Gasteiger partial charge < -0.3 is 14.8 Å². The normalized spacial score (nSPS) is 11.6. The zero-order valence-corrected chi connectivity index (χ0v) is 16.4. The fourth-order valence-electron chi connectivity index (χ4n) is 2.70. The Hall–Kier alpha value is -2.82. The summed E-state index contributed by atoms with van der Waals surface area (Å²) in [6.45, 7) is 7.83. The standard InChI is InChI=1S/C22H27NO4/c1-5-16-11-13-17(14-12-16)27-20(6-2)21(24)23-19-10-8-9-18(15(19)4)22(25)26-7-3/h8-14,20H,5-7H2,1-4H3,(H,23,24)/t20-/m0/s1. The van der Waals surface area contributed by atoms with Gasteiger partial charge in [-0.05, 0) is 62.1 Å². The molecule has 0 aromatic heterocycles. The van der Waals surface area contributed by atoms with Crippen molar-refractivity contribution in [3.8, 4) is 5.75 Å². The Balaban J connectivity index is 2.11. The van der Waals surface area contributed by atoms with Gasteiger partial charge in [-0.1, -0.05) is 32.0 Å². The SMILES string of the molecule is CCOC(=O)c1cccc(NC(=O)[C@H](CC)Oc2ccc(CC)cc2)c1C. The molecule has 5 heteroatoms. The van der Waals surface area contributed by atoms with Crippen LogP contribution in [-0.4, -0.2) is 24.6 Å². The Bertz CT molecular complexity index is 783. The van der Waals surface area contributed by atoms with Crippen LogP contribution in [0.15, 0.2) is 42.5 Å². The number of hydrogen-bond acceptors (Lipinski definition) is 4. The number of anilines is 1. The number of ether oxygens (including phenoxy) is 2. The van der Waals surface area contributed by atoms with Gasteiger partial charge in [-0.25, -0.2) is 4.79 Å². The summed E-state index contributed by atoms with van der Waals surface area (Å²) in [4.78, 5) is 24.7. The van der Waals surface area contributed by atoms with Crippen molar-refractivity contribution in [2.45, 2.75) is 46.6 Å². The quantitative estimate of drug-likeness (QED) is 0.694. The molecule has 2 aromatic carbocycles. The molecule has 0 aliphatic heterocycles. The highest BCUT2D eigenvalue weighted by atomic mass is 16.5. The van der Waals surface area contributed by atoms with E-state index in [1.54, 1.807) is 32.0 Å². The van der Waals surface area contributed by atoms with Crippen LogP contribution in [-0.2, 0) is 16.0 Å². The highest BCUT2D eigenvalue weighted by Gasteiger charge is 2.20. The monoisotopic (exact) mass is 369 g/mol. The summed E-state index contributed by atoms with van der Waals surface area (Å²) in [5.41, 5.74) is 2.91. The van der Waals surface area contributed by atoms with Crippen LogP contribution in [0.4, 0.5) is 5.69 Å². The topological polar surface area (TPSA) is 64.6 Å². The minimum Gasteiger partial charge on any atom is -0.481 e. The maximum Gasteiger partial charge on any atom is 0.338 e. The van der Waals surface area contributed by atoms with Crippen molar-refractivity contribution in [2.24, 2.45) is 0 Å². The molecule has 1 amide bonds. The average molecular weight is 369 g/mol. The number of amides is 1. The van der Waals surface area contributed by atoms with Gasteiger partial charge in [-0.2, -0.15) is 0 Å². The van der Waals surface area contributed by atoms with Crippen LogP contribution in [0, 0.1) is 6.92 Å². The lowest BCUT2D eigenvalue weighted by atomic mass is 10.1. The Kier molecular flexibility index (Phi) is 7.41. The van der Waals surface area contributed by atoms with Gasteiger partial charge in [0.1, 0.15) is 5.75 Å². The second-order valence-electron chi connectivity index (χ2n) is 6.20. The molecule has 2 rings (SSSR count). The molecule has 0 saturated carbocycles. The first-order valence-corrected chi connectivity index (χ1v) is 9.33. The zero-order valence-electron chi connectivity index (χ0n) is 16.4. The van der Waals surface area contributed by atoms with E-state index in [9.17, 15) is 9.59 Å². The van der Waals surface area contributed by atoms with Crippen molar-refractivity contribution >= 4 is 17.6 Å². The molecular formula is C22H27NO4. The number of nitrogens with one attached hydrogen (secondary N) is 1. The summed E-state index contributed by atoms with van der Waals surface area (Å²) in [5.74, 6) is 0.0118. The zero-order chi connectivity index (χ0) is 19.8. The Labute approximate surface area is 160 Å². The van der Waals surface area contributed by atoms with E-state index in [0.29, 0.717) is 35.6 Å². The highest BCUT2D eigenvalue weighted by molar-refractivity contribution is 5.98. The van der Waals surface area contributed by atoms with Crippen LogP contribution >= 0.6 is 0 Å². The van der Waals surface area contributed by atoms with E-state index < -0.39 is 12.1 Å². The molecule has 1 atom stereocenters. The van der Waals surface area contributed by atoms with Crippen LogP contribution in [0.3, 0.4) is 0 Å². The predicted molar refractivity (Wildman–Crippen MR) is 106 cm³/mol. The van der Waals surface area contributed by atoms with Crippen molar-refractivity contribution in [1.29, 1.82) is 0 Å². The highest BCUT2D eigenvalue weighted by Crippen LogP contribution is 2.21. The number of carbonyl (C=O) groups excluding carboxylic acids is 2. The molecule has 1 N–H and O–H groups in total. The van der Waals surface area contributed by atoms with Crippen LogP contribution in [0.1, 0.15) is 48.7 Å². The molecule has 0 spiro atoms. The lowest BCUT2D eigenvalue weighted by Crippen LogP contribution is -2.32. The van der Waals surface area contributed by atoms with Crippen LogP contribution < -0.4 is 10.1 Å². The summed E-state index contributed by atoms with van der Waals surface area (Å²) in [5, 5.41) is 2.87.